The van der Waals surface area contributed by atoms with Crippen LogP contribution in [0.25, 0.3) is 0 Å². The molecule has 2 aromatic rings. The quantitative estimate of drug-likeness (QED) is 0.879. The highest BCUT2D eigenvalue weighted by atomic mass is 19.4. The molecule has 0 aliphatic carbocycles. The summed E-state index contributed by atoms with van der Waals surface area (Å²) in [6.07, 6.45) is -3.35. The number of rotatable bonds is 2. The molecule has 1 heterocycles. The second-order valence-corrected chi connectivity index (χ2v) is 4.51. The van der Waals surface area contributed by atoms with Crippen molar-refractivity contribution in [1.82, 2.24) is 10.2 Å². The Balaban J connectivity index is 2.37. The molecule has 102 valence electrons. The highest BCUT2D eigenvalue weighted by Crippen LogP contribution is 2.32. The average Bonchev–Trinajstić information content (AvgIpc) is 2.73. The maximum atomic E-state index is 12.7. The third-order valence-corrected chi connectivity index (χ3v) is 3.08. The van der Waals surface area contributed by atoms with Gasteiger partial charge in [0.05, 0.1) is 6.20 Å². The molecule has 2 N–H and O–H groups in total. The summed E-state index contributed by atoms with van der Waals surface area (Å²) in [5.41, 5.74) is 1.42. The van der Waals surface area contributed by atoms with E-state index in [0.29, 0.717) is 5.56 Å². The van der Waals surface area contributed by atoms with E-state index >= 15 is 0 Å². The van der Waals surface area contributed by atoms with Crippen molar-refractivity contribution < 1.29 is 18.3 Å². The zero-order chi connectivity index (χ0) is 14.2. The molecular formula is C13H13F3N2O. The van der Waals surface area contributed by atoms with Gasteiger partial charge >= 0.3 is 6.18 Å². The van der Waals surface area contributed by atoms with E-state index in [2.05, 4.69) is 5.10 Å². The van der Waals surface area contributed by atoms with Gasteiger partial charge in [0.25, 0.3) is 0 Å². The molecule has 1 aromatic heterocycles. The number of phenolic OH excluding ortho intramolecular Hbond substituents is 1. The van der Waals surface area contributed by atoms with Crippen molar-refractivity contribution in [1.29, 1.82) is 0 Å². The lowest BCUT2D eigenvalue weighted by molar-refractivity contribution is -0.141. The van der Waals surface area contributed by atoms with Crippen LogP contribution in [0, 0.1) is 13.8 Å². The molecule has 19 heavy (non-hydrogen) atoms. The maximum absolute atomic E-state index is 12.7. The number of nitrogens with one attached hydrogen (secondary N) is 1. The zero-order valence-electron chi connectivity index (χ0n) is 10.5. The summed E-state index contributed by atoms with van der Waals surface area (Å²) in [5.74, 6) is -0.00238. The molecule has 0 aliphatic heterocycles. The van der Waals surface area contributed by atoms with Crippen LogP contribution in [0.2, 0.25) is 0 Å². The molecule has 6 heteroatoms. The van der Waals surface area contributed by atoms with Crippen molar-refractivity contribution in [2.24, 2.45) is 0 Å². The molecule has 0 spiro atoms. The first-order chi connectivity index (χ1) is 8.79. The lowest BCUT2D eigenvalue weighted by atomic mass is 9.99. The number of phenols is 1. The van der Waals surface area contributed by atoms with Gasteiger partial charge in [0.2, 0.25) is 0 Å². The van der Waals surface area contributed by atoms with E-state index in [-0.39, 0.29) is 17.7 Å². The SMILES string of the molecule is Cc1cc(O)c(Cc2cn[nH]c2C(F)(F)F)cc1C. The van der Waals surface area contributed by atoms with Crippen LogP contribution in [0.4, 0.5) is 13.2 Å². The Morgan fingerprint density at radius 1 is 1.16 bits per heavy atom. The summed E-state index contributed by atoms with van der Waals surface area (Å²) in [6, 6.07) is 3.25. The smallest absolute Gasteiger partial charge is 0.433 e. The van der Waals surface area contributed by atoms with Gasteiger partial charge in [0, 0.05) is 12.0 Å². The van der Waals surface area contributed by atoms with Gasteiger partial charge in [-0.15, -0.1) is 0 Å². The lowest BCUT2D eigenvalue weighted by Gasteiger charge is -2.10. The van der Waals surface area contributed by atoms with Crippen LogP contribution in [-0.2, 0) is 12.6 Å². The predicted molar refractivity (Wildman–Crippen MR) is 64.0 cm³/mol. The van der Waals surface area contributed by atoms with E-state index < -0.39 is 11.9 Å². The summed E-state index contributed by atoms with van der Waals surface area (Å²) < 4.78 is 38.1. The first-order valence-electron chi connectivity index (χ1n) is 5.67. The Hall–Kier alpha value is -1.98. The van der Waals surface area contributed by atoms with Crippen LogP contribution >= 0.6 is 0 Å². The highest BCUT2D eigenvalue weighted by Gasteiger charge is 2.35. The van der Waals surface area contributed by atoms with Crippen LogP contribution < -0.4 is 0 Å². The molecule has 0 unspecified atom stereocenters. The third kappa shape index (κ3) is 2.72. The van der Waals surface area contributed by atoms with E-state index in [1.54, 1.807) is 12.1 Å². The third-order valence-electron chi connectivity index (χ3n) is 3.08. The Labute approximate surface area is 108 Å². The first-order valence-corrected chi connectivity index (χ1v) is 5.67. The molecule has 0 amide bonds. The molecule has 0 saturated heterocycles. The number of alkyl halides is 3. The second kappa shape index (κ2) is 4.60. The molecule has 0 atom stereocenters. The lowest BCUT2D eigenvalue weighted by Crippen LogP contribution is -2.09. The number of hydrogen-bond acceptors (Lipinski definition) is 2. The summed E-state index contributed by atoms with van der Waals surface area (Å²) in [7, 11) is 0. The van der Waals surface area contributed by atoms with Crippen molar-refractivity contribution >= 4 is 0 Å². The van der Waals surface area contributed by atoms with Gasteiger partial charge in [0.15, 0.2) is 0 Å². The van der Waals surface area contributed by atoms with E-state index in [0.717, 1.165) is 17.3 Å². The fourth-order valence-corrected chi connectivity index (χ4v) is 1.90. The van der Waals surface area contributed by atoms with Gasteiger partial charge < -0.3 is 5.11 Å². The van der Waals surface area contributed by atoms with Crippen molar-refractivity contribution in [3.05, 3.63) is 46.3 Å². The molecular weight excluding hydrogens is 257 g/mol. The van der Waals surface area contributed by atoms with Crippen LogP contribution in [-0.4, -0.2) is 15.3 Å². The highest BCUT2D eigenvalue weighted by molar-refractivity contribution is 5.43. The summed E-state index contributed by atoms with van der Waals surface area (Å²) in [4.78, 5) is 0. The number of aromatic nitrogens is 2. The molecule has 0 bridgehead atoms. The summed E-state index contributed by atoms with van der Waals surface area (Å²) in [6.45, 7) is 3.68. The minimum atomic E-state index is -4.47. The van der Waals surface area contributed by atoms with Crippen LogP contribution in [0.1, 0.15) is 27.9 Å². The number of benzene rings is 1. The van der Waals surface area contributed by atoms with Crippen molar-refractivity contribution in [3.63, 3.8) is 0 Å². The van der Waals surface area contributed by atoms with E-state index in [1.165, 1.54) is 0 Å². The van der Waals surface area contributed by atoms with Gasteiger partial charge in [0.1, 0.15) is 11.4 Å². The molecule has 0 fully saturated rings. The number of aryl methyl sites for hydroxylation is 2. The van der Waals surface area contributed by atoms with Crippen molar-refractivity contribution in [2.75, 3.05) is 0 Å². The van der Waals surface area contributed by atoms with Gasteiger partial charge in [-0.05, 0) is 36.6 Å². The normalized spacial score (nSPS) is 11.8. The minimum Gasteiger partial charge on any atom is -0.508 e. The van der Waals surface area contributed by atoms with Crippen molar-refractivity contribution in [2.45, 2.75) is 26.4 Å². The topological polar surface area (TPSA) is 48.9 Å². The van der Waals surface area contributed by atoms with Gasteiger partial charge in [-0.3, -0.25) is 5.10 Å². The van der Waals surface area contributed by atoms with Crippen molar-refractivity contribution in [3.8, 4) is 5.75 Å². The number of aromatic amines is 1. The monoisotopic (exact) mass is 270 g/mol. The molecule has 0 saturated carbocycles. The molecule has 3 nitrogen and oxygen atoms in total. The number of nitrogens with zero attached hydrogens (tertiary/aromatic N) is 1. The van der Waals surface area contributed by atoms with Crippen LogP contribution in [0.15, 0.2) is 18.3 Å². The molecule has 0 radical (unpaired) electrons. The van der Waals surface area contributed by atoms with E-state index in [9.17, 15) is 18.3 Å². The maximum Gasteiger partial charge on any atom is 0.433 e. The van der Waals surface area contributed by atoms with Gasteiger partial charge in [-0.25, -0.2) is 0 Å². The van der Waals surface area contributed by atoms with Gasteiger partial charge in [-0.2, -0.15) is 18.3 Å². The Morgan fingerprint density at radius 2 is 1.79 bits per heavy atom. The fourth-order valence-electron chi connectivity index (χ4n) is 1.90. The largest absolute Gasteiger partial charge is 0.508 e. The average molecular weight is 270 g/mol. The number of hydrogen-bond donors (Lipinski definition) is 2. The number of aromatic hydroxyl groups is 1. The Kier molecular flexibility index (Phi) is 3.26. The predicted octanol–water partition coefficient (Wildman–Crippen LogP) is 3.34. The summed E-state index contributed by atoms with van der Waals surface area (Å²) >= 11 is 0. The number of H-pyrrole nitrogens is 1. The van der Waals surface area contributed by atoms with E-state index in [1.807, 2.05) is 18.9 Å². The van der Waals surface area contributed by atoms with Gasteiger partial charge in [-0.1, -0.05) is 6.07 Å². The second-order valence-electron chi connectivity index (χ2n) is 4.51. The fraction of sp³-hybridized carbons (Fsp3) is 0.308. The first kappa shape index (κ1) is 13.5. The zero-order valence-corrected chi connectivity index (χ0v) is 10.5. The van der Waals surface area contributed by atoms with E-state index in [4.69, 9.17) is 0 Å². The molecule has 1 aromatic carbocycles. The number of halogens is 3. The molecule has 2 rings (SSSR count). The standard InChI is InChI=1S/C13H13F3N2O/c1-7-3-9(11(19)4-8(7)2)5-10-6-17-18-12(10)13(14,15)16/h3-4,6,19H,5H2,1-2H3,(H,17,18). The Morgan fingerprint density at radius 3 is 2.42 bits per heavy atom. The van der Waals surface area contributed by atoms with Crippen LogP contribution in [0.3, 0.4) is 0 Å². The Bertz CT molecular complexity index is 602. The minimum absolute atomic E-state index is 0.00238. The molecule has 0 aliphatic rings. The van der Waals surface area contributed by atoms with Crippen LogP contribution in [0.5, 0.6) is 5.75 Å². The summed E-state index contributed by atoms with van der Waals surface area (Å²) in [5, 5.41) is 15.2.